The summed E-state index contributed by atoms with van der Waals surface area (Å²) in [4.78, 5) is 37.2. The number of ether oxygens (including phenoxy) is 3. The molecule has 3 rings (SSSR count). The Kier molecular flexibility index (Phi) is 5.41. The molecule has 0 spiro atoms. The zero-order valence-corrected chi connectivity index (χ0v) is 15.3. The van der Waals surface area contributed by atoms with Gasteiger partial charge in [0.15, 0.2) is 0 Å². The molecule has 2 aromatic carbocycles. The molecule has 7 nitrogen and oxygen atoms in total. The van der Waals surface area contributed by atoms with Crippen molar-refractivity contribution in [1.29, 1.82) is 0 Å². The largest absolute Gasteiger partial charge is 0.469 e. The Labute approximate surface area is 156 Å². The predicted octanol–water partition coefficient (Wildman–Crippen LogP) is 1.60. The Bertz CT molecular complexity index is 880. The molecule has 1 aliphatic rings. The first-order valence-corrected chi connectivity index (χ1v) is 8.50. The van der Waals surface area contributed by atoms with Crippen LogP contribution in [0.3, 0.4) is 0 Å². The number of methoxy groups -OCH3 is 3. The van der Waals surface area contributed by atoms with Gasteiger partial charge in [0.25, 0.3) is 0 Å². The van der Waals surface area contributed by atoms with Gasteiger partial charge in [-0.25, -0.2) is 0 Å². The van der Waals surface area contributed by atoms with Crippen LogP contribution in [-0.2, 0) is 28.6 Å². The number of benzene rings is 2. The van der Waals surface area contributed by atoms with Crippen LogP contribution in [0.5, 0.6) is 0 Å². The van der Waals surface area contributed by atoms with Crippen LogP contribution in [0.4, 0.5) is 0 Å². The molecule has 7 heteroatoms. The van der Waals surface area contributed by atoms with Gasteiger partial charge in [-0.05, 0) is 22.4 Å². The molecule has 4 atom stereocenters. The highest BCUT2D eigenvalue weighted by molar-refractivity contribution is 5.91. The van der Waals surface area contributed by atoms with Crippen LogP contribution in [0, 0.1) is 11.8 Å². The van der Waals surface area contributed by atoms with E-state index in [2.05, 4.69) is 5.32 Å². The van der Waals surface area contributed by atoms with Crippen molar-refractivity contribution in [1.82, 2.24) is 5.32 Å². The predicted molar refractivity (Wildman–Crippen MR) is 96.6 cm³/mol. The summed E-state index contributed by atoms with van der Waals surface area (Å²) >= 11 is 0. The fraction of sp³-hybridized carbons (Fsp3) is 0.350. The van der Waals surface area contributed by atoms with Gasteiger partial charge in [-0.15, -0.1) is 0 Å². The summed E-state index contributed by atoms with van der Waals surface area (Å²) in [7, 11) is 3.70. The first-order valence-electron chi connectivity index (χ1n) is 8.50. The zero-order valence-electron chi connectivity index (χ0n) is 15.3. The van der Waals surface area contributed by atoms with E-state index in [4.69, 9.17) is 14.2 Å². The third kappa shape index (κ3) is 3.38. The van der Waals surface area contributed by atoms with Gasteiger partial charge < -0.3 is 14.2 Å². The Morgan fingerprint density at radius 3 is 2.00 bits per heavy atom. The van der Waals surface area contributed by atoms with E-state index in [1.54, 1.807) is 0 Å². The monoisotopic (exact) mass is 371 g/mol. The van der Waals surface area contributed by atoms with Gasteiger partial charge in [-0.3, -0.25) is 19.7 Å². The minimum absolute atomic E-state index is 0.595. The van der Waals surface area contributed by atoms with Crippen LogP contribution in [0.2, 0.25) is 0 Å². The Hall–Kier alpha value is -2.93. The van der Waals surface area contributed by atoms with Gasteiger partial charge in [0.05, 0.1) is 33.2 Å². The van der Waals surface area contributed by atoms with Crippen LogP contribution < -0.4 is 5.32 Å². The summed E-state index contributed by atoms with van der Waals surface area (Å²) in [6, 6.07) is 11.9. The maximum Gasteiger partial charge on any atom is 0.323 e. The topological polar surface area (TPSA) is 90.9 Å². The lowest BCUT2D eigenvalue weighted by atomic mass is 9.84. The minimum atomic E-state index is -1.05. The van der Waals surface area contributed by atoms with Crippen LogP contribution >= 0.6 is 0 Å². The smallest absolute Gasteiger partial charge is 0.323 e. The molecule has 0 bridgehead atoms. The van der Waals surface area contributed by atoms with E-state index >= 15 is 0 Å². The highest BCUT2D eigenvalue weighted by atomic mass is 16.5. The van der Waals surface area contributed by atoms with Crippen molar-refractivity contribution in [2.75, 3.05) is 21.3 Å². The van der Waals surface area contributed by atoms with Crippen molar-refractivity contribution in [3.05, 3.63) is 48.0 Å². The minimum Gasteiger partial charge on any atom is -0.469 e. The number of rotatable bonds is 4. The van der Waals surface area contributed by atoms with Crippen molar-refractivity contribution in [3.63, 3.8) is 0 Å². The molecular formula is C20H21NO6. The number of esters is 3. The van der Waals surface area contributed by atoms with Crippen molar-refractivity contribution in [2.24, 2.45) is 11.8 Å². The normalized spacial score (nSPS) is 24.4. The maximum atomic E-state index is 12.5. The van der Waals surface area contributed by atoms with E-state index in [0.29, 0.717) is 0 Å². The molecule has 0 saturated carbocycles. The second-order valence-corrected chi connectivity index (χ2v) is 6.35. The molecule has 0 aromatic heterocycles. The van der Waals surface area contributed by atoms with Gasteiger partial charge >= 0.3 is 17.9 Å². The SMILES string of the molecule is COC(=O)[C@@H]1[C@H](C(=O)OC)[C@H](C(=O)OC)N[C@@H]1c1ccc2ccccc2c1. The first kappa shape index (κ1) is 18.8. The van der Waals surface area contributed by atoms with E-state index in [9.17, 15) is 14.4 Å². The van der Waals surface area contributed by atoms with Crippen molar-refractivity contribution in [3.8, 4) is 0 Å². The number of hydrogen-bond acceptors (Lipinski definition) is 7. The Balaban J connectivity index is 2.09. The Morgan fingerprint density at radius 1 is 0.778 bits per heavy atom. The van der Waals surface area contributed by atoms with Gasteiger partial charge in [0.2, 0.25) is 0 Å². The molecule has 0 amide bonds. The molecule has 1 N–H and O–H groups in total. The maximum absolute atomic E-state index is 12.5. The summed E-state index contributed by atoms with van der Waals surface area (Å²) in [5.74, 6) is -3.87. The second-order valence-electron chi connectivity index (χ2n) is 6.35. The van der Waals surface area contributed by atoms with Crippen LogP contribution in [0.25, 0.3) is 10.8 Å². The molecular weight excluding hydrogens is 350 g/mol. The van der Waals surface area contributed by atoms with E-state index < -0.39 is 41.8 Å². The molecule has 0 unspecified atom stereocenters. The van der Waals surface area contributed by atoms with Crippen LogP contribution in [-0.4, -0.2) is 45.3 Å². The highest BCUT2D eigenvalue weighted by Crippen LogP contribution is 2.40. The van der Waals surface area contributed by atoms with Crippen molar-refractivity contribution in [2.45, 2.75) is 12.1 Å². The van der Waals surface area contributed by atoms with E-state index in [-0.39, 0.29) is 0 Å². The average molecular weight is 371 g/mol. The third-order valence-electron chi connectivity index (χ3n) is 5.00. The lowest BCUT2D eigenvalue weighted by Crippen LogP contribution is -2.42. The number of fused-ring (bicyclic) bond motifs is 1. The van der Waals surface area contributed by atoms with Crippen molar-refractivity contribution < 1.29 is 28.6 Å². The second kappa shape index (κ2) is 7.75. The molecule has 27 heavy (non-hydrogen) atoms. The summed E-state index contributed by atoms with van der Waals surface area (Å²) < 4.78 is 14.6. The van der Waals surface area contributed by atoms with Crippen molar-refractivity contribution >= 4 is 28.7 Å². The quantitative estimate of drug-likeness (QED) is 0.645. The summed E-state index contributed by atoms with van der Waals surface area (Å²) in [5.41, 5.74) is 0.768. The fourth-order valence-corrected chi connectivity index (χ4v) is 3.70. The van der Waals surface area contributed by atoms with Gasteiger partial charge in [-0.2, -0.15) is 0 Å². The van der Waals surface area contributed by atoms with Gasteiger partial charge in [0, 0.05) is 6.04 Å². The number of hydrogen-bond donors (Lipinski definition) is 1. The highest BCUT2D eigenvalue weighted by Gasteiger charge is 2.55. The average Bonchev–Trinajstić information content (AvgIpc) is 3.12. The van der Waals surface area contributed by atoms with Gasteiger partial charge in [-0.1, -0.05) is 36.4 Å². The van der Waals surface area contributed by atoms with E-state index in [1.807, 2.05) is 42.5 Å². The molecule has 2 aromatic rings. The van der Waals surface area contributed by atoms with Crippen LogP contribution in [0.15, 0.2) is 42.5 Å². The lowest BCUT2D eigenvalue weighted by Gasteiger charge is -2.21. The lowest BCUT2D eigenvalue weighted by molar-refractivity contribution is -0.159. The standard InChI is InChI=1S/C20H21NO6/c1-25-18(22)14-15(19(23)26-2)17(20(24)27-3)21-16(14)13-9-8-11-6-4-5-7-12(11)10-13/h4-10,14-17,21H,1-3H3/t14-,15+,16-,17-/m1/s1. The number of carbonyl (C=O) groups excluding carboxylic acids is 3. The molecule has 1 heterocycles. The molecule has 1 aliphatic heterocycles. The molecule has 0 aliphatic carbocycles. The fourth-order valence-electron chi connectivity index (χ4n) is 3.70. The van der Waals surface area contributed by atoms with E-state index in [1.165, 1.54) is 21.3 Å². The Morgan fingerprint density at radius 2 is 1.37 bits per heavy atom. The van der Waals surface area contributed by atoms with Gasteiger partial charge in [0.1, 0.15) is 6.04 Å². The molecule has 1 fully saturated rings. The number of nitrogens with one attached hydrogen (secondary N) is 1. The van der Waals surface area contributed by atoms with Crippen LogP contribution in [0.1, 0.15) is 11.6 Å². The molecule has 142 valence electrons. The summed E-state index contributed by atoms with van der Waals surface area (Å²) in [6.45, 7) is 0. The molecule has 0 radical (unpaired) electrons. The third-order valence-corrected chi connectivity index (χ3v) is 5.00. The van der Waals surface area contributed by atoms with E-state index in [0.717, 1.165) is 16.3 Å². The zero-order chi connectivity index (χ0) is 19.6. The first-order chi connectivity index (χ1) is 13.0. The molecule has 1 saturated heterocycles. The summed E-state index contributed by atoms with van der Waals surface area (Å²) in [5, 5.41) is 5.10. The number of carbonyl (C=O) groups is 3. The summed E-state index contributed by atoms with van der Waals surface area (Å²) in [6.07, 6.45) is 0.